The summed E-state index contributed by atoms with van der Waals surface area (Å²) in [6.07, 6.45) is 3.54. The summed E-state index contributed by atoms with van der Waals surface area (Å²) in [6.45, 7) is 4.09. The Morgan fingerprint density at radius 3 is 2.55 bits per heavy atom. The van der Waals surface area contributed by atoms with E-state index in [1.165, 1.54) is 5.56 Å². The lowest BCUT2D eigenvalue weighted by molar-refractivity contribution is 1.14. The molecular weight excluding hydrogens is 382 g/mol. The molecule has 0 spiro atoms. The average Bonchev–Trinajstić information content (AvgIpc) is 3.22. The van der Waals surface area contributed by atoms with Crippen LogP contribution in [0.3, 0.4) is 0 Å². The van der Waals surface area contributed by atoms with Gasteiger partial charge < -0.3 is 5.32 Å². The zero-order chi connectivity index (χ0) is 20.0. The van der Waals surface area contributed by atoms with E-state index in [9.17, 15) is 0 Å². The first-order valence-electron chi connectivity index (χ1n) is 9.32. The molecule has 3 heterocycles. The highest BCUT2D eigenvalue weighted by Crippen LogP contribution is 2.31. The van der Waals surface area contributed by atoms with Crippen LogP contribution in [0.4, 0.5) is 11.5 Å². The van der Waals surface area contributed by atoms with Gasteiger partial charge in [0.25, 0.3) is 0 Å². The van der Waals surface area contributed by atoms with Crippen LogP contribution in [0.1, 0.15) is 11.1 Å². The van der Waals surface area contributed by atoms with Crippen LogP contribution < -0.4 is 5.32 Å². The molecule has 6 heteroatoms. The molecule has 0 amide bonds. The Balaban J connectivity index is 1.67. The second kappa shape index (κ2) is 6.87. The number of rotatable bonds is 3. The lowest BCUT2D eigenvalue weighted by Crippen LogP contribution is -2.02. The monoisotopic (exact) mass is 399 g/mol. The van der Waals surface area contributed by atoms with E-state index in [1.54, 1.807) is 12.5 Å². The van der Waals surface area contributed by atoms with Crippen molar-refractivity contribution in [3.05, 3.63) is 83.3 Å². The number of pyridine rings is 1. The highest BCUT2D eigenvalue weighted by Gasteiger charge is 2.13. The summed E-state index contributed by atoms with van der Waals surface area (Å²) in [5.74, 6) is 0.691. The fourth-order valence-corrected chi connectivity index (χ4v) is 3.68. The minimum Gasteiger partial charge on any atom is -0.337 e. The molecule has 5 aromatic rings. The Labute approximate surface area is 173 Å². The maximum atomic E-state index is 6.40. The predicted molar refractivity (Wildman–Crippen MR) is 118 cm³/mol. The molecule has 0 saturated carbocycles. The largest absolute Gasteiger partial charge is 0.337 e. The molecule has 0 unspecified atom stereocenters. The number of hydrogen-bond donors (Lipinski definition) is 1. The molecule has 0 fully saturated rings. The Kier molecular flexibility index (Phi) is 4.18. The number of nitrogens with zero attached hydrogens (tertiary/aromatic N) is 4. The van der Waals surface area contributed by atoms with E-state index >= 15 is 0 Å². The Hall–Kier alpha value is -3.44. The van der Waals surface area contributed by atoms with Crippen molar-refractivity contribution in [3.8, 4) is 11.3 Å². The topological polar surface area (TPSA) is 55.1 Å². The number of para-hydroxylation sites is 1. The van der Waals surface area contributed by atoms with E-state index in [-0.39, 0.29) is 0 Å². The molecular formula is C23H18ClN5. The number of aromatic nitrogens is 4. The van der Waals surface area contributed by atoms with Crippen LogP contribution in [-0.4, -0.2) is 19.4 Å². The molecule has 29 heavy (non-hydrogen) atoms. The lowest BCUT2D eigenvalue weighted by atomic mass is 10.1. The van der Waals surface area contributed by atoms with Gasteiger partial charge in [0.2, 0.25) is 0 Å². The number of benzene rings is 2. The van der Waals surface area contributed by atoms with Crippen LogP contribution in [0, 0.1) is 13.8 Å². The van der Waals surface area contributed by atoms with Crippen molar-refractivity contribution in [2.75, 3.05) is 5.32 Å². The van der Waals surface area contributed by atoms with Gasteiger partial charge in [-0.3, -0.25) is 4.40 Å². The van der Waals surface area contributed by atoms with Crippen molar-refractivity contribution < 1.29 is 0 Å². The quantitative estimate of drug-likeness (QED) is 0.406. The molecule has 0 bridgehead atoms. The van der Waals surface area contributed by atoms with Gasteiger partial charge in [0.05, 0.1) is 22.6 Å². The van der Waals surface area contributed by atoms with E-state index in [4.69, 9.17) is 21.6 Å². The Morgan fingerprint density at radius 1 is 0.931 bits per heavy atom. The average molecular weight is 400 g/mol. The van der Waals surface area contributed by atoms with Crippen LogP contribution in [0.5, 0.6) is 0 Å². The van der Waals surface area contributed by atoms with Crippen molar-refractivity contribution in [3.63, 3.8) is 0 Å². The van der Waals surface area contributed by atoms with Gasteiger partial charge in [-0.2, -0.15) is 0 Å². The zero-order valence-corrected chi connectivity index (χ0v) is 16.8. The summed E-state index contributed by atoms with van der Waals surface area (Å²) in [4.78, 5) is 14.0. The van der Waals surface area contributed by atoms with E-state index in [1.807, 2.05) is 41.7 Å². The lowest BCUT2D eigenvalue weighted by Gasteiger charge is -2.13. The third-order valence-corrected chi connectivity index (χ3v) is 5.32. The number of halogens is 1. The summed E-state index contributed by atoms with van der Waals surface area (Å²) in [5.41, 5.74) is 7.45. The summed E-state index contributed by atoms with van der Waals surface area (Å²) in [5, 5.41) is 4.03. The van der Waals surface area contributed by atoms with Gasteiger partial charge >= 0.3 is 0 Å². The number of nitrogens with one attached hydrogen (secondary N) is 1. The van der Waals surface area contributed by atoms with Crippen LogP contribution in [0.15, 0.2) is 67.1 Å². The van der Waals surface area contributed by atoms with Crippen molar-refractivity contribution in [2.24, 2.45) is 0 Å². The summed E-state index contributed by atoms with van der Waals surface area (Å²) in [7, 11) is 0. The second-order valence-corrected chi connectivity index (χ2v) is 7.48. The number of hydrogen-bond acceptors (Lipinski definition) is 4. The van der Waals surface area contributed by atoms with Gasteiger partial charge in [0, 0.05) is 5.56 Å². The molecule has 1 N–H and O–H groups in total. The van der Waals surface area contributed by atoms with Gasteiger partial charge in [-0.1, -0.05) is 53.6 Å². The van der Waals surface area contributed by atoms with Crippen LogP contribution in [-0.2, 0) is 0 Å². The van der Waals surface area contributed by atoms with Gasteiger partial charge in [0.1, 0.15) is 17.4 Å². The number of fused-ring (bicyclic) bond motifs is 3. The van der Waals surface area contributed by atoms with Gasteiger partial charge in [-0.15, -0.1) is 0 Å². The number of aryl methyl sites for hydroxylation is 2. The Morgan fingerprint density at radius 2 is 1.76 bits per heavy atom. The first-order chi connectivity index (χ1) is 14.1. The fraction of sp³-hybridized carbons (Fsp3) is 0.0870. The van der Waals surface area contributed by atoms with Crippen LogP contribution in [0.2, 0.25) is 5.02 Å². The standard InChI is InChI=1S/C23H18ClN5/c1-14-6-8-16(9-7-14)18-10-11-19-23(27-18)29-13-25-12-20(29)22(26-19)28-21-15(2)4-3-5-17(21)24/h3-13H,1-2H3,(H,26,28). The highest BCUT2D eigenvalue weighted by molar-refractivity contribution is 6.33. The molecule has 0 saturated heterocycles. The van der Waals surface area contributed by atoms with Crippen molar-refractivity contribution in [2.45, 2.75) is 13.8 Å². The third-order valence-electron chi connectivity index (χ3n) is 5.01. The van der Waals surface area contributed by atoms with E-state index in [0.717, 1.165) is 39.2 Å². The SMILES string of the molecule is Cc1ccc(-c2ccc3nc(Nc4c(C)cccc4Cl)c4cncn4c3n2)cc1. The molecule has 5 rings (SSSR count). The van der Waals surface area contributed by atoms with Crippen molar-refractivity contribution in [1.29, 1.82) is 0 Å². The highest BCUT2D eigenvalue weighted by atomic mass is 35.5. The van der Waals surface area contributed by atoms with Gasteiger partial charge in [-0.05, 0) is 37.6 Å². The second-order valence-electron chi connectivity index (χ2n) is 7.07. The van der Waals surface area contributed by atoms with Crippen LogP contribution in [0.25, 0.3) is 27.9 Å². The molecule has 0 atom stereocenters. The summed E-state index contributed by atoms with van der Waals surface area (Å²) in [6, 6.07) is 18.1. The molecule has 142 valence electrons. The van der Waals surface area contributed by atoms with Crippen LogP contribution >= 0.6 is 11.6 Å². The van der Waals surface area contributed by atoms with Gasteiger partial charge in [0.15, 0.2) is 11.5 Å². The summed E-state index contributed by atoms with van der Waals surface area (Å²) >= 11 is 6.40. The van der Waals surface area contributed by atoms with E-state index < -0.39 is 0 Å². The van der Waals surface area contributed by atoms with Crippen molar-refractivity contribution in [1.82, 2.24) is 19.4 Å². The first-order valence-corrected chi connectivity index (χ1v) is 9.70. The molecule has 5 nitrogen and oxygen atoms in total. The predicted octanol–water partition coefficient (Wildman–Crippen LogP) is 5.96. The molecule has 0 aliphatic rings. The Bertz CT molecular complexity index is 1340. The maximum Gasteiger partial charge on any atom is 0.165 e. The molecule has 0 aliphatic heterocycles. The van der Waals surface area contributed by atoms with Crippen molar-refractivity contribution >= 4 is 39.8 Å². The first kappa shape index (κ1) is 17.6. The minimum absolute atomic E-state index is 0.650. The van der Waals surface area contributed by atoms with E-state index in [2.05, 4.69) is 41.5 Å². The van der Waals surface area contributed by atoms with E-state index in [0.29, 0.717) is 10.8 Å². The summed E-state index contributed by atoms with van der Waals surface area (Å²) < 4.78 is 1.95. The zero-order valence-electron chi connectivity index (χ0n) is 16.0. The molecule has 2 aromatic carbocycles. The smallest absolute Gasteiger partial charge is 0.165 e. The molecule has 0 radical (unpaired) electrons. The fourth-order valence-electron chi connectivity index (χ4n) is 3.41. The minimum atomic E-state index is 0.650. The third kappa shape index (κ3) is 3.09. The molecule has 0 aliphatic carbocycles. The number of anilines is 2. The maximum absolute atomic E-state index is 6.40. The van der Waals surface area contributed by atoms with Gasteiger partial charge in [-0.25, -0.2) is 15.0 Å². The normalized spacial score (nSPS) is 11.3. The number of imidazole rings is 1. The molecule has 3 aromatic heterocycles.